The highest BCUT2D eigenvalue weighted by atomic mass is 32.1. The number of carboxylic acids is 1. The van der Waals surface area contributed by atoms with Gasteiger partial charge < -0.3 is 14.3 Å². The lowest BCUT2D eigenvalue weighted by Crippen LogP contribution is -2.18. The quantitative estimate of drug-likeness (QED) is 0.685. The van der Waals surface area contributed by atoms with E-state index in [-0.39, 0.29) is 0 Å². The third kappa shape index (κ3) is 2.41. The second-order valence-electron chi connectivity index (χ2n) is 3.84. The number of hydrogen-bond acceptors (Lipinski definition) is 5. The van der Waals surface area contributed by atoms with Gasteiger partial charge in [0.1, 0.15) is 5.76 Å². The lowest BCUT2D eigenvalue weighted by Gasteiger charge is -1.90. The maximum Gasteiger partial charge on any atom is 0.163 e. The molecule has 94 valence electrons. The Labute approximate surface area is 112 Å². The van der Waals surface area contributed by atoms with Crippen LogP contribution < -0.4 is 5.11 Å². The first-order chi connectivity index (χ1) is 9.22. The van der Waals surface area contributed by atoms with E-state index in [1.165, 1.54) is 17.4 Å². The van der Waals surface area contributed by atoms with Gasteiger partial charge in [0.05, 0.1) is 16.2 Å². The molecule has 0 saturated carbocycles. The van der Waals surface area contributed by atoms with E-state index < -0.39 is 5.97 Å². The highest BCUT2D eigenvalue weighted by Gasteiger charge is 2.09. The second-order valence-corrected chi connectivity index (χ2v) is 4.87. The van der Waals surface area contributed by atoms with Crippen molar-refractivity contribution in [3.8, 4) is 10.8 Å². The number of hydrogen-bond donors (Lipinski definition) is 0. The molecular weight excluding hydrogens is 262 g/mol. The lowest BCUT2D eigenvalue weighted by molar-refractivity contribution is -0.297. The van der Waals surface area contributed by atoms with Crippen molar-refractivity contribution in [1.82, 2.24) is 4.98 Å². The van der Waals surface area contributed by atoms with Crippen LogP contribution in [0.4, 0.5) is 0 Å². The van der Waals surface area contributed by atoms with E-state index in [9.17, 15) is 9.90 Å². The summed E-state index contributed by atoms with van der Waals surface area (Å²) >= 11 is 1.53. The summed E-state index contributed by atoms with van der Waals surface area (Å²) in [6.07, 6.45) is 2.28. The van der Waals surface area contributed by atoms with Crippen molar-refractivity contribution in [2.45, 2.75) is 0 Å². The molecule has 1 aromatic carbocycles. The summed E-state index contributed by atoms with van der Waals surface area (Å²) in [7, 11) is 0. The van der Waals surface area contributed by atoms with Gasteiger partial charge in [-0.2, -0.15) is 0 Å². The van der Waals surface area contributed by atoms with Gasteiger partial charge in [-0.1, -0.05) is 12.1 Å². The molecule has 19 heavy (non-hydrogen) atoms. The number of thiazole rings is 1. The van der Waals surface area contributed by atoms with Crippen LogP contribution in [0, 0.1) is 0 Å². The molecule has 0 aliphatic carbocycles. The molecule has 0 bridgehead atoms. The molecule has 0 spiro atoms. The minimum Gasteiger partial charge on any atom is -0.545 e. The molecule has 0 saturated heterocycles. The van der Waals surface area contributed by atoms with Gasteiger partial charge in [0.2, 0.25) is 0 Å². The molecule has 0 aliphatic rings. The van der Waals surface area contributed by atoms with Crippen molar-refractivity contribution in [2.24, 2.45) is 0 Å². The Kier molecular flexibility index (Phi) is 2.89. The Bertz CT molecular complexity index is 737. The van der Waals surface area contributed by atoms with Crippen LogP contribution in [0.5, 0.6) is 0 Å². The summed E-state index contributed by atoms with van der Waals surface area (Å²) in [4.78, 5) is 14.8. The number of fused-ring (bicyclic) bond motifs is 1. The maximum atomic E-state index is 10.3. The Hall–Kier alpha value is -2.40. The van der Waals surface area contributed by atoms with E-state index in [1.54, 1.807) is 12.1 Å². The van der Waals surface area contributed by atoms with Gasteiger partial charge in [-0.15, -0.1) is 11.3 Å². The van der Waals surface area contributed by atoms with E-state index >= 15 is 0 Å². The van der Waals surface area contributed by atoms with Crippen molar-refractivity contribution < 1.29 is 14.3 Å². The fraction of sp³-hybridized carbons (Fsp3) is 0. The maximum absolute atomic E-state index is 10.3. The zero-order valence-corrected chi connectivity index (χ0v) is 10.5. The fourth-order valence-electron chi connectivity index (χ4n) is 1.69. The van der Waals surface area contributed by atoms with Crippen LogP contribution in [-0.4, -0.2) is 11.0 Å². The number of carbonyl (C=O) groups is 1. The first kappa shape index (κ1) is 11.7. The molecule has 2 aromatic heterocycles. The van der Waals surface area contributed by atoms with Crippen molar-refractivity contribution >= 4 is 33.6 Å². The summed E-state index contributed by atoms with van der Waals surface area (Å²) in [6, 6.07) is 11.3. The third-order valence-corrected chi connectivity index (χ3v) is 3.57. The predicted octanol–water partition coefficient (Wildman–Crippen LogP) is 2.32. The molecule has 0 fully saturated rings. The SMILES string of the molecule is O=C([O-])/C=C/c1ccc(-c2nc3ccccc3s2)o1. The zero-order valence-electron chi connectivity index (χ0n) is 9.70. The number of nitrogens with zero attached hydrogens (tertiary/aromatic N) is 1. The van der Waals surface area contributed by atoms with Crippen molar-refractivity contribution in [2.75, 3.05) is 0 Å². The normalized spacial score (nSPS) is 11.4. The van der Waals surface area contributed by atoms with Gasteiger partial charge in [-0.05, 0) is 36.4 Å². The average molecular weight is 270 g/mol. The van der Waals surface area contributed by atoms with Crippen LogP contribution in [0.15, 0.2) is 46.9 Å². The van der Waals surface area contributed by atoms with Gasteiger partial charge in [0.25, 0.3) is 0 Å². The standard InChI is InChI=1S/C14H9NO3S/c16-13(17)8-6-9-5-7-11(18-9)14-15-10-3-1-2-4-12(10)19-14/h1-8H,(H,16,17)/p-1/b8-6+. The molecule has 2 heterocycles. The minimum absolute atomic E-state index is 0.457. The summed E-state index contributed by atoms with van der Waals surface area (Å²) in [5.74, 6) is -0.171. The number of aliphatic carboxylic acids is 1. The van der Waals surface area contributed by atoms with Crippen LogP contribution in [0.3, 0.4) is 0 Å². The van der Waals surface area contributed by atoms with E-state index in [0.29, 0.717) is 11.5 Å². The molecule has 4 nitrogen and oxygen atoms in total. The third-order valence-electron chi connectivity index (χ3n) is 2.52. The first-order valence-corrected chi connectivity index (χ1v) is 6.39. The molecule has 3 rings (SSSR count). The average Bonchev–Trinajstić information content (AvgIpc) is 3.02. The van der Waals surface area contributed by atoms with Crippen molar-refractivity contribution in [1.29, 1.82) is 0 Å². The number of furan rings is 1. The largest absolute Gasteiger partial charge is 0.545 e. The second kappa shape index (κ2) is 4.70. The van der Waals surface area contributed by atoms with E-state index in [0.717, 1.165) is 21.3 Å². The Morgan fingerprint density at radius 1 is 1.26 bits per heavy atom. The van der Waals surface area contributed by atoms with Crippen LogP contribution >= 0.6 is 11.3 Å². The number of carbonyl (C=O) groups excluding carboxylic acids is 1. The molecule has 0 atom stereocenters. The highest BCUT2D eigenvalue weighted by Crippen LogP contribution is 2.31. The van der Waals surface area contributed by atoms with E-state index in [4.69, 9.17) is 4.42 Å². The highest BCUT2D eigenvalue weighted by molar-refractivity contribution is 7.21. The van der Waals surface area contributed by atoms with Crippen molar-refractivity contribution in [3.63, 3.8) is 0 Å². The van der Waals surface area contributed by atoms with Gasteiger partial charge in [-0.25, -0.2) is 4.98 Å². The van der Waals surface area contributed by atoms with Crippen LogP contribution in [0.2, 0.25) is 0 Å². The number of benzene rings is 1. The lowest BCUT2D eigenvalue weighted by atomic mass is 10.3. The van der Waals surface area contributed by atoms with Crippen LogP contribution in [0.25, 0.3) is 27.1 Å². The van der Waals surface area contributed by atoms with Gasteiger partial charge >= 0.3 is 0 Å². The smallest absolute Gasteiger partial charge is 0.163 e. The topological polar surface area (TPSA) is 66.2 Å². The summed E-state index contributed by atoms with van der Waals surface area (Å²) < 4.78 is 6.60. The number of carboxylic acid groups (broad SMARTS) is 1. The van der Waals surface area contributed by atoms with Crippen LogP contribution in [0.1, 0.15) is 5.76 Å². The Morgan fingerprint density at radius 3 is 2.89 bits per heavy atom. The predicted molar refractivity (Wildman–Crippen MR) is 71.4 cm³/mol. The summed E-state index contributed by atoms with van der Waals surface area (Å²) in [5, 5.41) is 11.1. The zero-order chi connectivity index (χ0) is 13.2. The monoisotopic (exact) mass is 270 g/mol. The number of aromatic nitrogens is 1. The number of para-hydroxylation sites is 1. The molecule has 3 aromatic rings. The Morgan fingerprint density at radius 2 is 2.11 bits per heavy atom. The summed E-state index contributed by atoms with van der Waals surface area (Å²) in [5.41, 5.74) is 0.922. The molecule has 0 radical (unpaired) electrons. The molecule has 0 amide bonds. The molecule has 0 unspecified atom stereocenters. The summed E-state index contributed by atoms with van der Waals surface area (Å²) in [6.45, 7) is 0. The van der Waals surface area contributed by atoms with Crippen molar-refractivity contribution in [3.05, 3.63) is 48.2 Å². The first-order valence-electron chi connectivity index (χ1n) is 5.57. The molecule has 0 N–H and O–H groups in total. The Balaban J connectivity index is 1.96. The molecule has 0 aliphatic heterocycles. The fourth-order valence-corrected chi connectivity index (χ4v) is 2.61. The van der Waals surface area contributed by atoms with E-state index in [2.05, 4.69) is 4.98 Å². The molecular formula is C14H8NO3S-. The number of rotatable bonds is 3. The minimum atomic E-state index is -1.25. The van der Waals surface area contributed by atoms with Gasteiger partial charge in [0, 0.05) is 0 Å². The van der Waals surface area contributed by atoms with E-state index in [1.807, 2.05) is 24.3 Å². The van der Waals surface area contributed by atoms with Crippen LogP contribution in [-0.2, 0) is 4.79 Å². The van der Waals surface area contributed by atoms with Gasteiger partial charge in [0.15, 0.2) is 10.8 Å². The molecule has 5 heteroatoms. The van der Waals surface area contributed by atoms with Gasteiger partial charge in [-0.3, -0.25) is 0 Å².